The minimum Gasteiger partial charge on any atom is -0.412 e. The van der Waals surface area contributed by atoms with Crippen LogP contribution in [0.1, 0.15) is 32.6 Å². The molecule has 1 radical (unpaired) electrons. The molecule has 0 aliphatic rings. The van der Waals surface area contributed by atoms with Crippen molar-refractivity contribution in [3.8, 4) is 0 Å². The summed E-state index contributed by atoms with van der Waals surface area (Å²) in [5.74, 6) is 0. The van der Waals surface area contributed by atoms with Gasteiger partial charge in [0.15, 0.2) is 0 Å². The molecule has 0 amide bonds. The fourth-order valence-electron chi connectivity index (χ4n) is 1.13. The van der Waals surface area contributed by atoms with Gasteiger partial charge >= 0.3 is 0 Å². The van der Waals surface area contributed by atoms with Crippen LogP contribution >= 0.6 is 23.2 Å². The van der Waals surface area contributed by atoms with Crippen molar-refractivity contribution < 1.29 is 4.43 Å². The lowest BCUT2D eigenvalue weighted by Crippen LogP contribution is -2.26. The van der Waals surface area contributed by atoms with Gasteiger partial charge in [0.2, 0.25) is 9.04 Å². The Morgan fingerprint density at radius 1 is 1.23 bits per heavy atom. The van der Waals surface area contributed by atoms with Gasteiger partial charge in [-0.1, -0.05) is 26.2 Å². The average Bonchev–Trinajstić information content (AvgIpc) is 2.02. The fourth-order valence-corrected chi connectivity index (χ4v) is 2.52. The molecule has 1 nitrogen and oxygen atoms in total. The number of alkyl halides is 2. The highest BCUT2D eigenvalue weighted by Gasteiger charge is 2.18. The van der Waals surface area contributed by atoms with Crippen molar-refractivity contribution in [2.24, 2.45) is 0 Å². The van der Waals surface area contributed by atoms with E-state index < -0.39 is 9.04 Å². The molecule has 0 spiro atoms. The van der Waals surface area contributed by atoms with Crippen LogP contribution in [-0.2, 0) is 4.43 Å². The van der Waals surface area contributed by atoms with Crippen LogP contribution in [0.4, 0.5) is 0 Å². The van der Waals surface area contributed by atoms with E-state index >= 15 is 0 Å². The minimum atomic E-state index is -0.683. The number of rotatable bonds is 7. The van der Waals surface area contributed by atoms with E-state index in [1.54, 1.807) is 0 Å². The van der Waals surface area contributed by atoms with E-state index in [9.17, 15) is 0 Å². The van der Waals surface area contributed by atoms with Gasteiger partial charge < -0.3 is 4.43 Å². The maximum Gasteiger partial charge on any atom is 0.205 e. The summed E-state index contributed by atoms with van der Waals surface area (Å²) in [4.78, 5) is -0.378. The van der Waals surface area contributed by atoms with Crippen molar-refractivity contribution in [2.45, 2.75) is 56.6 Å². The molecular formula is C9H19Cl2OSi. The molecule has 0 saturated heterocycles. The highest BCUT2D eigenvalue weighted by molar-refractivity contribution is 6.49. The standard InChI is InChI=1S/C9H19Cl2OSi/c1-4-5-6-7-8(9(10)11)12-13(2)3/h8-9H,4-7H2,1-3H3. The Morgan fingerprint density at radius 3 is 2.23 bits per heavy atom. The van der Waals surface area contributed by atoms with Crippen molar-refractivity contribution in [1.82, 2.24) is 0 Å². The summed E-state index contributed by atoms with van der Waals surface area (Å²) in [5.41, 5.74) is 0. The molecule has 0 bridgehead atoms. The molecule has 1 atom stereocenters. The number of unbranched alkanes of at least 4 members (excludes halogenated alkanes) is 2. The largest absolute Gasteiger partial charge is 0.412 e. The number of halogens is 2. The molecule has 0 aromatic rings. The van der Waals surface area contributed by atoms with Crippen LogP contribution in [-0.4, -0.2) is 20.0 Å². The molecule has 13 heavy (non-hydrogen) atoms. The van der Waals surface area contributed by atoms with Crippen LogP contribution in [0.2, 0.25) is 13.1 Å². The molecule has 0 aliphatic heterocycles. The van der Waals surface area contributed by atoms with E-state index in [0.717, 1.165) is 12.8 Å². The third kappa shape index (κ3) is 7.80. The zero-order chi connectivity index (χ0) is 10.3. The Balaban J connectivity index is 3.67. The lowest BCUT2D eigenvalue weighted by Gasteiger charge is -2.20. The predicted octanol–water partition coefficient (Wildman–Crippen LogP) is 4.01. The Morgan fingerprint density at radius 2 is 1.85 bits per heavy atom. The van der Waals surface area contributed by atoms with Gasteiger partial charge in [-0.05, 0) is 19.5 Å². The predicted molar refractivity (Wildman–Crippen MR) is 62.0 cm³/mol. The Hall–Kier alpha value is 0.757. The summed E-state index contributed by atoms with van der Waals surface area (Å²) in [7, 11) is -0.683. The smallest absolute Gasteiger partial charge is 0.205 e. The van der Waals surface area contributed by atoms with Crippen molar-refractivity contribution in [2.75, 3.05) is 0 Å². The second-order valence-corrected chi connectivity index (χ2v) is 6.61. The SMILES string of the molecule is CCCCCC(O[Si](C)C)C(Cl)Cl. The van der Waals surface area contributed by atoms with E-state index in [-0.39, 0.29) is 10.9 Å². The molecular weight excluding hydrogens is 223 g/mol. The van der Waals surface area contributed by atoms with E-state index in [0.29, 0.717) is 0 Å². The average molecular weight is 242 g/mol. The summed E-state index contributed by atoms with van der Waals surface area (Å²) < 4.78 is 5.70. The lowest BCUT2D eigenvalue weighted by atomic mass is 10.1. The third-order valence-electron chi connectivity index (χ3n) is 1.76. The maximum absolute atomic E-state index is 5.82. The zero-order valence-electron chi connectivity index (χ0n) is 8.65. The van der Waals surface area contributed by atoms with E-state index in [1.165, 1.54) is 12.8 Å². The van der Waals surface area contributed by atoms with Gasteiger partial charge in [-0.3, -0.25) is 0 Å². The monoisotopic (exact) mass is 241 g/mol. The Bertz CT molecular complexity index is 120. The van der Waals surface area contributed by atoms with Gasteiger partial charge in [0.25, 0.3) is 0 Å². The second kappa shape index (κ2) is 8.10. The van der Waals surface area contributed by atoms with Gasteiger partial charge in [-0.2, -0.15) is 0 Å². The third-order valence-corrected chi connectivity index (χ3v) is 3.10. The fraction of sp³-hybridized carbons (Fsp3) is 1.00. The summed E-state index contributed by atoms with van der Waals surface area (Å²) in [6, 6.07) is 0. The van der Waals surface area contributed by atoms with Crippen LogP contribution in [0.15, 0.2) is 0 Å². The maximum atomic E-state index is 5.82. The summed E-state index contributed by atoms with van der Waals surface area (Å²) in [5, 5.41) is 0. The Labute approximate surface area is 93.5 Å². The van der Waals surface area contributed by atoms with Crippen LogP contribution in [0.3, 0.4) is 0 Å². The van der Waals surface area contributed by atoms with Crippen molar-refractivity contribution in [3.05, 3.63) is 0 Å². The highest BCUT2D eigenvalue weighted by atomic mass is 35.5. The summed E-state index contributed by atoms with van der Waals surface area (Å²) >= 11 is 11.6. The van der Waals surface area contributed by atoms with E-state index in [1.807, 2.05) is 0 Å². The van der Waals surface area contributed by atoms with Gasteiger partial charge in [0.1, 0.15) is 4.84 Å². The van der Waals surface area contributed by atoms with E-state index in [4.69, 9.17) is 27.6 Å². The molecule has 0 heterocycles. The number of hydrogen-bond acceptors (Lipinski definition) is 1. The highest BCUT2D eigenvalue weighted by Crippen LogP contribution is 2.18. The molecule has 0 saturated carbocycles. The molecule has 0 N–H and O–H groups in total. The van der Waals surface area contributed by atoms with Crippen molar-refractivity contribution >= 4 is 32.2 Å². The first-order valence-corrected chi connectivity index (χ1v) is 8.11. The summed E-state index contributed by atoms with van der Waals surface area (Å²) in [6.45, 7) is 6.39. The molecule has 0 aliphatic carbocycles. The topological polar surface area (TPSA) is 9.23 Å². The van der Waals surface area contributed by atoms with Crippen molar-refractivity contribution in [1.29, 1.82) is 0 Å². The van der Waals surface area contributed by atoms with Crippen LogP contribution < -0.4 is 0 Å². The first-order valence-electron chi connectivity index (χ1n) is 4.82. The molecule has 79 valence electrons. The quantitative estimate of drug-likeness (QED) is 0.372. The molecule has 0 rings (SSSR count). The number of hydrogen-bond donors (Lipinski definition) is 0. The molecule has 0 aromatic heterocycles. The van der Waals surface area contributed by atoms with Crippen molar-refractivity contribution in [3.63, 3.8) is 0 Å². The van der Waals surface area contributed by atoms with Gasteiger partial charge in [0, 0.05) is 0 Å². The normalized spacial score (nSPS) is 14.1. The van der Waals surface area contributed by atoms with Gasteiger partial charge in [-0.25, -0.2) is 0 Å². The van der Waals surface area contributed by atoms with Gasteiger partial charge in [-0.15, -0.1) is 23.2 Å². The first-order chi connectivity index (χ1) is 6.07. The lowest BCUT2D eigenvalue weighted by molar-refractivity contribution is 0.204. The Kier molecular flexibility index (Phi) is 8.57. The second-order valence-electron chi connectivity index (χ2n) is 3.39. The van der Waals surface area contributed by atoms with Gasteiger partial charge in [0.05, 0.1) is 6.10 Å². The minimum absolute atomic E-state index is 0.0405. The van der Waals surface area contributed by atoms with Crippen LogP contribution in [0.25, 0.3) is 0 Å². The van der Waals surface area contributed by atoms with Crippen LogP contribution in [0, 0.1) is 0 Å². The molecule has 4 heteroatoms. The molecule has 0 fully saturated rings. The first kappa shape index (κ1) is 13.8. The summed E-state index contributed by atoms with van der Waals surface area (Å²) in [6.07, 6.45) is 4.64. The molecule has 1 unspecified atom stereocenters. The zero-order valence-corrected chi connectivity index (χ0v) is 11.2. The van der Waals surface area contributed by atoms with E-state index in [2.05, 4.69) is 20.0 Å². The molecule has 0 aromatic carbocycles. The van der Waals surface area contributed by atoms with Crippen LogP contribution in [0.5, 0.6) is 0 Å².